The van der Waals surface area contributed by atoms with Crippen LogP contribution in [0, 0.1) is 11.3 Å². The lowest BCUT2D eigenvalue weighted by Gasteiger charge is -2.33. The summed E-state index contributed by atoms with van der Waals surface area (Å²) in [7, 11) is 2.17. The lowest BCUT2D eigenvalue weighted by atomic mass is 9.81. The summed E-state index contributed by atoms with van der Waals surface area (Å²) in [6, 6.07) is 17.4. The van der Waals surface area contributed by atoms with Gasteiger partial charge in [0, 0.05) is 30.7 Å². The topological polar surface area (TPSA) is 61.9 Å². The van der Waals surface area contributed by atoms with Crippen molar-refractivity contribution in [3.05, 3.63) is 65.7 Å². The van der Waals surface area contributed by atoms with E-state index in [0.717, 1.165) is 51.9 Å². The third kappa shape index (κ3) is 9.84. The van der Waals surface area contributed by atoms with Crippen LogP contribution in [0.1, 0.15) is 76.2 Å². The first-order valence-electron chi connectivity index (χ1n) is 13.5. The van der Waals surface area contributed by atoms with Crippen molar-refractivity contribution in [2.45, 2.75) is 72.4 Å². The van der Waals surface area contributed by atoms with E-state index in [-0.39, 0.29) is 23.0 Å². The number of benzene rings is 2. The molecule has 202 valence electrons. The molecule has 1 N–H and O–H groups in total. The summed E-state index contributed by atoms with van der Waals surface area (Å²) in [5.74, 6) is 0.964. The molecule has 0 spiro atoms. The monoisotopic (exact) mass is 507 g/mol. The second-order valence-electron chi connectivity index (χ2n) is 12.4. The van der Waals surface area contributed by atoms with E-state index >= 15 is 0 Å². The van der Waals surface area contributed by atoms with Crippen LogP contribution < -0.4 is 10.1 Å². The minimum Gasteiger partial charge on any atom is -0.410 e. The van der Waals surface area contributed by atoms with Gasteiger partial charge in [0.25, 0.3) is 5.91 Å². The van der Waals surface area contributed by atoms with Crippen molar-refractivity contribution in [3.8, 4) is 5.75 Å². The fourth-order valence-corrected chi connectivity index (χ4v) is 5.37. The third-order valence-corrected chi connectivity index (χ3v) is 6.83. The van der Waals surface area contributed by atoms with Crippen LogP contribution in [0.2, 0.25) is 0 Å². The molecule has 0 saturated carbocycles. The van der Waals surface area contributed by atoms with E-state index in [0.29, 0.717) is 17.2 Å². The van der Waals surface area contributed by atoms with Crippen molar-refractivity contribution in [2.24, 2.45) is 11.3 Å². The van der Waals surface area contributed by atoms with E-state index in [2.05, 4.69) is 62.3 Å². The molecule has 1 aliphatic rings. The number of amides is 2. The third-order valence-electron chi connectivity index (χ3n) is 6.83. The zero-order valence-corrected chi connectivity index (χ0v) is 23.5. The van der Waals surface area contributed by atoms with Gasteiger partial charge < -0.3 is 19.9 Å². The highest BCUT2D eigenvalue weighted by molar-refractivity contribution is 5.94. The number of hydrogen-bond donors (Lipinski definition) is 1. The minimum atomic E-state index is -0.317. The quantitative estimate of drug-likeness (QED) is 0.429. The Bertz CT molecular complexity index is 1000. The molecule has 2 aromatic rings. The Kier molecular flexibility index (Phi) is 9.77. The molecular weight excluding hydrogens is 462 g/mol. The molecule has 0 radical (unpaired) electrons. The van der Waals surface area contributed by atoms with Crippen LogP contribution in [0.5, 0.6) is 5.75 Å². The Hall–Kier alpha value is -2.86. The molecule has 0 aliphatic carbocycles. The predicted molar refractivity (Wildman–Crippen MR) is 150 cm³/mol. The fraction of sp³-hybridized carbons (Fsp3) is 0.548. The van der Waals surface area contributed by atoms with Crippen molar-refractivity contribution in [1.82, 2.24) is 15.1 Å². The second kappa shape index (κ2) is 12.6. The summed E-state index contributed by atoms with van der Waals surface area (Å²) in [4.78, 5) is 29.6. The van der Waals surface area contributed by atoms with Crippen molar-refractivity contribution < 1.29 is 14.3 Å². The average Bonchev–Trinajstić information content (AvgIpc) is 2.82. The van der Waals surface area contributed by atoms with E-state index in [4.69, 9.17) is 4.74 Å². The summed E-state index contributed by atoms with van der Waals surface area (Å²) in [6.07, 6.45) is 3.68. The largest absolute Gasteiger partial charge is 0.415 e. The maximum Gasteiger partial charge on any atom is 0.415 e. The molecule has 6 nitrogen and oxygen atoms in total. The first-order chi connectivity index (χ1) is 17.4. The van der Waals surface area contributed by atoms with Gasteiger partial charge in [-0.15, -0.1) is 0 Å². The van der Waals surface area contributed by atoms with Crippen molar-refractivity contribution >= 4 is 12.0 Å². The number of carbonyl (C=O) groups is 2. The summed E-state index contributed by atoms with van der Waals surface area (Å²) >= 11 is 0. The number of nitrogens with zero attached hydrogens (tertiary/aromatic N) is 2. The fourth-order valence-electron chi connectivity index (χ4n) is 5.37. The van der Waals surface area contributed by atoms with E-state index < -0.39 is 0 Å². The Balaban J connectivity index is 1.40. The molecule has 1 aliphatic heterocycles. The second-order valence-corrected chi connectivity index (χ2v) is 12.4. The van der Waals surface area contributed by atoms with E-state index in [1.165, 1.54) is 5.56 Å². The van der Waals surface area contributed by atoms with Crippen LogP contribution in [0.4, 0.5) is 4.79 Å². The maximum absolute atomic E-state index is 12.7. The molecule has 6 heteroatoms. The zero-order chi connectivity index (χ0) is 27.1. The molecule has 0 atom stereocenters. The van der Waals surface area contributed by atoms with Gasteiger partial charge in [-0.05, 0) is 94.3 Å². The molecule has 2 aromatic carbocycles. The van der Waals surface area contributed by atoms with Crippen LogP contribution in [-0.2, 0) is 6.54 Å². The summed E-state index contributed by atoms with van der Waals surface area (Å²) in [5.41, 5.74) is 1.69. The Labute approximate surface area is 223 Å². The molecule has 0 aromatic heterocycles. The van der Waals surface area contributed by atoms with Gasteiger partial charge in [0.05, 0.1) is 0 Å². The van der Waals surface area contributed by atoms with Crippen molar-refractivity contribution in [1.29, 1.82) is 0 Å². The summed E-state index contributed by atoms with van der Waals surface area (Å²) < 4.78 is 5.60. The molecule has 3 rings (SSSR count). The Morgan fingerprint density at radius 1 is 0.973 bits per heavy atom. The lowest BCUT2D eigenvalue weighted by molar-refractivity contribution is 0.0891. The maximum atomic E-state index is 12.7. The van der Waals surface area contributed by atoms with Gasteiger partial charge in [-0.3, -0.25) is 4.79 Å². The van der Waals surface area contributed by atoms with Gasteiger partial charge in [-0.1, -0.05) is 51.1 Å². The van der Waals surface area contributed by atoms with E-state index in [1.54, 1.807) is 29.2 Å². The first-order valence-corrected chi connectivity index (χ1v) is 13.5. The SMILES string of the molecule is CN(CCC1CCN(C(=O)Oc2ccc(C(=O)NC(C)(C)CC(C)(C)C)cc2)CC1)Cc1ccccc1. The van der Waals surface area contributed by atoms with E-state index in [9.17, 15) is 9.59 Å². The number of ether oxygens (including phenoxy) is 1. The summed E-state index contributed by atoms with van der Waals surface area (Å²) in [5, 5.41) is 3.12. The molecule has 1 saturated heterocycles. The smallest absolute Gasteiger partial charge is 0.410 e. The van der Waals surface area contributed by atoms with Crippen LogP contribution in [0.3, 0.4) is 0 Å². The van der Waals surface area contributed by atoms with Crippen LogP contribution >= 0.6 is 0 Å². The lowest BCUT2D eigenvalue weighted by Crippen LogP contribution is -2.45. The number of carbonyl (C=O) groups excluding carboxylic acids is 2. The first kappa shape index (κ1) is 28.7. The molecule has 2 amide bonds. The number of hydrogen-bond acceptors (Lipinski definition) is 4. The van der Waals surface area contributed by atoms with Gasteiger partial charge >= 0.3 is 6.09 Å². The standard InChI is InChI=1S/C31H45N3O3/c1-30(2,3)23-31(4,5)32-28(35)26-12-14-27(15-13-26)37-29(36)34-20-17-24(18-21-34)16-19-33(6)22-25-10-8-7-9-11-25/h7-15,24H,16-23H2,1-6H3,(H,32,35). The Morgan fingerprint density at radius 2 is 1.59 bits per heavy atom. The van der Waals surface area contributed by atoms with Crippen molar-refractivity contribution in [3.63, 3.8) is 0 Å². The minimum absolute atomic E-state index is 0.113. The highest BCUT2D eigenvalue weighted by Gasteiger charge is 2.28. The number of rotatable bonds is 9. The van der Waals surface area contributed by atoms with Crippen LogP contribution in [0.25, 0.3) is 0 Å². The van der Waals surface area contributed by atoms with Crippen LogP contribution in [0.15, 0.2) is 54.6 Å². The molecule has 0 bridgehead atoms. The van der Waals surface area contributed by atoms with Gasteiger partial charge in [-0.25, -0.2) is 4.79 Å². The molecule has 37 heavy (non-hydrogen) atoms. The van der Waals surface area contributed by atoms with Gasteiger partial charge in [0.2, 0.25) is 0 Å². The zero-order valence-electron chi connectivity index (χ0n) is 23.5. The van der Waals surface area contributed by atoms with Gasteiger partial charge in [0.1, 0.15) is 5.75 Å². The molecule has 1 fully saturated rings. The number of nitrogens with one attached hydrogen (secondary N) is 1. The van der Waals surface area contributed by atoms with Gasteiger partial charge in [-0.2, -0.15) is 0 Å². The van der Waals surface area contributed by atoms with Gasteiger partial charge in [0.15, 0.2) is 0 Å². The highest BCUT2D eigenvalue weighted by Crippen LogP contribution is 2.27. The predicted octanol–water partition coefficient (Wildman–Crippen LogP) is 6.36. The molecular formula is C31H45N3O3. The molecule has 0 unspecified atom stereocenters. The van der Waals surface area contributed by atoms with Crippen LogP contribution in [-0.4, -0.2) is 54.0 Å². The normalized spacial score (nSPS) is 15.1. The van der Waals surface area contributed by atoms with E-state index in [1.807, 2.05) is 19.9 Å². The Morgan fingerprint density at radius 3 is 2.19 bits per heavy atom. The number of likely N-dealkylation sites (tertiary alicyclic amines) is 1. The summed E-state index contributed by atoms with van der Waals surface area (Å²) in [6.45, 7) is 14.0. The van der Waals surface area contributed by atoms with Crippen molar-refractivity contribution in [2.75, 3.05) is 26.7 Å². The number of piperidine rings is 1. The average molecular weight is 508 g/mol. The molecule has 1 heterocycles. The highest BCUT2D eigenvalue weighted by atomic mass is 16.6.